The van der Waals surface area contributed by atoms with Gasteiger partial charge in [-0.1, -0.05) is 6.07 Å². The van der Waals surface area contributed by atoms with E-state index >= 15 is 0 Å². The van der Waals surface area contributed by atoms with E-state index in [1.807, 2.05) is 0 Å². The third kappa shape index (κ3) is 10.3. The summed E-state index contributed by atoms with van der Waals surface area (Å²) in [4.78, 5) is 9.55. The summed E-state index contributed by atoms with van der Waals surface area (Å²) in [6, 6.07) is 8.96. The van der Waals surface area contributed by atoms with Crippen LogP contribution in [0.3, 0.4) is 0 Å². The maximum Gasteiger partial charge on any atom is 0.397 e. The number of nitrogens with one attached hydrogen (secondary N) is 1. The Hall–Kier alpha value is -5.08. The SMILES string of the molecule is CN(c1cccc(S(=O)(=O)CCOS(=O)(=O)O)c1)c1nc(Cl)nc(Nc2cc(S(=O)(=O)O)cc3cc(S(=O)(=O)O)c(N=Nc4ccc(F)c(S(=O)(=O)O)c4)c(O)c23)n1. The number of halogens is 2. The second-order valence-electron chi connectivity index (χ2n) is 11.4. The molecule has 4 aromatic carbocycles. The minimum Gasteiger partial charge on any atom is -0.505 e. The largest absolute Gasteiger partial charge is 0.505 e. The van der Waals surface area contributed by atoms with Crippen molar-refractivity contribution >= 4 is 108 Å². The summed E-state index contributed by atoms with van der Waals surface area (Å²) in [5.74, 6) is -4.22. The molecule has 0 bridgehead atoms. The normalized spacial score (nSPS) is 12.9. The second-order valence-corrected chi connectivity index (χ2v) is 19.1. The summed E-state index contributed by atoms with van der Waals surface area (Å²) in [7, 11) is -23.4. The smallest absolute Gasteiger partial charge is 0.397 e. The van der Waals surface area contributed by atoms with Gasteiger partial charge in [-0.15, -0.1) is 5.11 Å². The number of azo groups is 1. The van der Waals surface area contributed by atoms with Gasteiger partial charge in [0.25, 0.3) is 30.4 Å². The van der Waals surface area contributed by atoms with Gasteiger partial charge in [0.2, 0.25) is 17.2 Å². The number of nitrogens with zero attached hydrogens (tertiary/aromatic N) is 6. The number of aromatic hydroxyl groups is 1. The Bertz CT molecular complexity index is 3100. The van der Waals surface area contributed by atoms with Crippen molar-refractivity contribution in [3.05, 3.63) is 71.8 Å². The zero-order chi connectivity index (χ0) is 43.2. The van der Waals surface area contributed by atoms with E-state index in [0.717, 1.165) is 18.2 Å². The Morgan fingerprint density at radius 2 is 1.47 bits per heavy atom. The van der Waals surface area contributed by atoms with E-state index in [4.69, 9.17) is 16.2 Å². The van der Waals surface area contributed by atoms with Gasteiger partial charge in [0, 0.05) is 18.1 Å². The maximum absolute atomic E-state index is 14.0. The van der Waals surface area contributed by atoms with Crippen molar-refractivity contribution in [2.75, 3.05) is 29.6 Å². The Kier molecular flexibility index (Phi) is 12.1. The average Bonchev–Trinajstić information content (AvgIpc) is 3.09. The van der Waals surface area contributed by atoms with Gasteiger partial charge in [-0.3, -0.25) is 18.2 Å². The first-order chi connectivity index (χ1) is 26.6. The number of hydrogen-bond acceptors (Lipinski definition) is 19. The molecule has 5 rings (SSSR count). The summed E-state index contributed by atoms with van der Waals surface area (Å²) < 4.78 is 176. The van der Waals surface area contributed by atoms with Crippen molar-refractivity contribution in [1.82, 2.24) is 15.0 Å². The third-order valence-corrected chi connectivity index (χ3v) is 12.3. The quantitative estimate of drug-likeness (QED) is 0.0681. The maximum atomic E-state index is 14.0. The van der Waals surface area contributed by atoms with Crippen LogP contribution in [0.1, 0.15) is 0 Å². The summed E-state index contributed by atoms with van der Waals surface area (Å²) in [6.45, 7) is -0.907. The van der Waals surface area contributed by atoms with E-state index in [9.17, 15) is 65.2 Å². The van der Waals surface area contributed by atoms with E-state index in [0.29, 0.717) is 24.3 Å². The number of aromatic nitrogens is 3. The molecule has 0 radical (unpaired) electrons. The monoisotopic (exact) mass is 927 g/mol. The molecule has 1 heterocycles. The zero-order valence-corrected chi connectivity index (χ0v) is 33.2. The predicted octanol–water partition coefficient (Wildman–Crippen LogP) is 3.78. The van der Waals surface area contributed by atoms with Gasteiger partial charge in [-0.2, -0.15) is 53.7 Å². The molecule has 23 nitrogen and oxygen atoms in total. The van der Waals surface area contributed by atoms with E-state index < -0.39 is 128 Å². The van der Waals surface area contributed by atoms with E-state index in [1.54, 1.807) is 0 Å². The van der Waals surface area contributed by atoms with Crippen LogP contribution >= 0.6 is 11.6 Å². The Morgan fingerprint density at radius 3 is 2.09 bits per heavy atom. The topological polar surface area (TPSA) is 360 Å². The molecule has 0 unspecified atom stereocenters. The highest BCUT2D eigenvalue weighted by Crippen LogP contribution is 2.46. The summed E-state index contributed by atoms with van der Waals surface area (Å²) in [5.41, 5.74) is -1.96. The molecule has 0 amide bonds. The van der Waals surface area contributed by atoms with Crippen molar-refractivity contribution in [2.45, 2.75) is 19.6 Å². The van der Waals surface area contributed by atoms with Crippen molar-refractivity contribution in [3.8, 4) is 5.75 Å². The lowest BCUT2D eigenvalue weighted by Gasteiger charge is -2.19. The molecule has 5 aromatic rings. The number of phenolic OH excluding ortho intramolecular Hbond substituents is 1. The highest BCUT2D eigenvalue weighted by atomic mass is 35.5. The molecule has 0 saturated heterocycles. The van der Waals surface area contributed by atoms with Crippen molar-refractivity contribution in [3.63, 3.8) is 0 Å². The predicted molar refractivity (Wildman–Crippen MR) is 198 cm³/mol. The van der Waals surface area contributed by atoms with Crippen LogP contribution in [0.25, 0.3) is 10.8 Å². The van der Waals surface area contributed by atoms with Gasteiger partial charge >= 0.3 is 10.4 Å². The number of phenols is 1. The van der Waals surface area contributed by atoms with Gasteiger partial charge in [-0.05, 0) is 71.6 Å². The Balaban J connectivity index is 1.62. The van der Waals surface area contributed by atoms with E-state index in [2.05, 4.69) is 34.7 Å². The van der Waals surface area contributed by atoms with Gasteiger partial charge < -0.3 is 15.3 Å². The molecule has 1 aromatic heterocycles. The van der Waals surface area contributed by atoms with Crippen LogP contribution in [-0.4, -0.2) is 99.8 Å². The molecule has 310 valence electrons. The summed E-state index contributed by atoms with van der Waals surface area (Å²) in [6.07, 6.45) is 0. The fourth-order valence-electron chi connectivity index (χ4n) is 4.89. The van der Waals surface area contributed by atoms with Crippen molar-refractivity contribution in [2.24, 2.45) is 10.2 Å². The van der Waals surface area contributed by atoms with Gasteiger partial charge in [0.05, 0.1) is 33.5 Å². The molecule has 0 aliphatic heterocycles. The van der Waals surface area contributed by atoms with Crippen LogP contribution in [0.15, 0.2) is 90.5 Å². The molecule has 0 saturated carbocycles. The van der Waals surface area contributed by atoms with Crippen molar-refractivity contribution in [1.29, 1.82) is 0 Å². The van der Waals surface area contributed by atoms with E-state index in [1.165, 1.54) is 30.1 Å². The molecule has 58 heavy (non-hydrogen) atoms. The van der Waals surface area contributed by atoms with Crippen molar-refractivity contribution < 1.29 is 74.0 Å². The Morgan fingerprint density at radius 1 is 0.793 bits per heavy atom. The molecule has 30 heteroatoms. The molecule has 0 aliphatic carbocycles. The molecule has 6 N–H and O–H groups in total. The zero-order valence-electron chi connectivity index (χ0n) is 28.4. The number of hydrogen-bond donors (Lipinski definition) is 6. The van der Waals surface area contributed by atoms with Gasteiger partial charge in [0.15, 0.2) is 15.6 Å². The minimum atomic E-state index is -5.36. The third-order valence-electron chi connectivity index (χ3n) is 7.45. The first-order valence-electron chi connectivity index (χ1n) is 15.0. The fourth-order valence-corrected chi connectivity index (χ4v) is 8.36. The first-order valence-corrected chi connectivity index (χ1v) is 22.7. The van der Waals surface area contributed by atoms with Gasteiger partial charge in [0.1, 0.15) is 21.3 Å². The summed E-state index contributed by atoms with van der Waals surface area (Å²) in [5, 5.41) is 19.6. The molecule has 0 aliphatic rings. The highest BCUT2D eigenvalue weighted by molar-refractivity contribution is 7.91. The molecular formula is C28H23ClFN7O16S5. The first kappa shape index (κ1) is 44.0. The lowest BCUT2D eigenvalue weighted by molar-refractivity contribution is 0.284. The highest BCUT2D eigenvalue weighted by Gasteiger charge is 2.27. The van der Waals surface area contributed by atoms with Crippen LogP contribution in [0.4, 0.5) is 39.0 Å². The van der Waals surface area contributed by atoms with E-state index in [-0.39, 0.29) is 16.5 Å². The molecule has 0 spiro atoms. The molecule has 0 fully saturated rings. The number of sulfone groups is 1. The van der Waals surface area contributed by atoms with Gasteiger partial charge in [-0.25, -0.2) is 17.0 Å². The second kappa shape index (κ2) is 15.9. The number of benzene rings is 4. The molecule has 0 atom stereocenters. The molecular weight excluding hydrogens is 905 g/mol. The average molecular weight is 928 g/mol. The Labute approximate surface area is 332 Å². The van der Waals surface area contributed by atoms with Crippen LogP contribution in [0, 0.1) is 5.82 Å². The number of anilines is 4. The summed E-state index contributed by atoms with van der Waals surface area (Å²) >= 11 is 6.15. The minimum absolute atomic E-state index is 0.0964. The fraction of sp³-hybridized carbons (Fsp3) is 0.107. The number of fused-ring (bicyclic) bond motifs is 1. The van der Waals surface area contributed by atoms with Crippen LogP contribution in [0.2, 0.25) is 5.28 Å². The number of rotatable bonds is 14. The van der Waals surface area contributed by atoms with Crippen LogP contribution in [0.5, 0.6) is 5.75 Å². The van der Waals surface area contributed by atoms with Crippen LogP contribution < -0.4 is 10.2 Å². The van der Waals surface area contributed by atoms with Crippen LogP contribution in [-0.2, 0) is 54.8 Å². The lowest BCUT2D eigenvalue weighted by Crippen LogP contribution is -2.17. The standard InChI is InChI=1S/C28H23ClFN7O16S5/c1-37(16-3-2-4-17(12-16)54(39,40)8-7-53-58(50,51)52)28-33-26(29)32-27(34-28)31-20-13-18(55(41,42)43)9-14-10-22(57(47,48)49)24(25(38)23(14)20)36-35-15-5-6-19(30)21(11-15)56(44,45)46/h2-6,9-13,38H,7-8H2,1H3,(H,41,42,43)(H,44,45,46)(H,47,48,49)(H,50,51,52)(H,31,32,33,34). The lowest BCUT2D eigenvalue weighted by atomic mass is 10.1.